The molecule has 0 saturated carbocycles. The third kappa shape index (κ3) is 2.73. The molecule has 0 aliphatic rings. The Hall–Kier alpha value is -2.40. The fourth-order valence-electron chi connectivity index (χ4n) is 2.05. The van der Waals surface area contributed by atoms with Crippen molar-refractivity contribution < 1.29 is 9.53 Å². The van der Waals surface area contributed by atoms with E-state index < -0.39 is 0 Å². The first-order valence-corrected chi connectivity index (χ1v) is 7.30. The average molecular weight is 298 g/mol. The molecule has 1 N–H and O–H groups in total. The van der Waals surface area contributed by atoms with Gasteiger partial charge in [-0.1, -0.05) is 23.5 Å². The van der Waals surface area contributed by atoms with Crippen LogP contribution in [0.15, 0.2) is 42.5 Å². The lowest BCUT2D eigenvalue weighted by atomic mass is 10.2. The lowest BCUT2D eigenvalue weighted by molar-refractivity contribution is 0.102. The van der Waals surface area contributed by atoms with Gasteiger partial charge in [0.05, 0.1) is 17.3 Å². The van der Waals surface area contributed by atoms with E-state index in [2.05, 4.69) is 10.3 Å². The number of aromatic nitrogens is 1. The van der Waals surface area contributed by atoms with Crippen molar-refractivity contribution in [3.05, 3.63) is 53.6 Å². The zero-order valence-corrected chi connectivity index (χ0v) is 12.5. The molecule has 0 radical (unpaired) electrons. The van der Waals surface area contributed by atoms with Gasteiger partial charge < -0.3 is 4.74 Å². The molecule has 5 heteroatoms. The molecule has 0 unspecified atom stereocenters. The predicted octanol–water partition coefficient (Wildman–Crippen LogP) is 3.87. The molecule has 3 aromatic rings. The van der Waals surface area contributed by atoms with Crippen LogP contribution in [0, 0.1) is 6.92 Å². The summed E-state index contributed by atoms with van der Waals surface area (Å²) in [5.74, 6) is 0.552. The fourth-order valence-corrected chi connectivity index (χ4v) is 2.99. The van der Waals surface area contributed by atoms with Gasteiger partial charge in [0, 0.05) is 5.56 Å². The highest BCUT2D eigenvalue weighted by molar-refractivity contribution is 7.22. The number of methoxy groups -OCH3 is 1. The van der Waals surface area contributed by atoms with E-state index in [9.17, 15) is 4.79 Å². The Labute approximate surface area is 126 Å². The number of ether oxygens (including phenoxy) is 1. The topological polar surface area (TPSA) is 51.2 Å². The first kappa shape index (κ1) is 13.6. The molecule has 106 valence electrons. The Balaban J connectivity index is 1.83. The van der Waals surface area contributed by atoms with Crippen LogP contribution in [0.5, 0.6) is 5.75 Å². The van der Waals surface area contributed by atoms with Crippen molar-refractivity contribution in [3.63, 3.8) is 0 Å². The lowest BCUT2D eigenvalue weighted by Gasteiger charge is -2.03. The standard InChI is InChI=1S/C16H14N2O2S/c1-10-4-3-5-13-14(10)17-16(21-13)18-15(19)11-6-8-12(20-2)9-7-11/h3-9H,1-2H3,(H,17,18,19). The summed E-state index contributed by atoms with van der Waals surface area (Å²) >= 11 is 1.47. The number of nitrogens with one attached hydrogen (secondary N) is 1. The number of hydrogen-bond acceptors (Lipinski definition) is 4. The second kappa shape index (κ2) is 5.54. The molecule has 0 aliphatic carbocycles. The monoisotopic (exact) mass is 298 g/mol. The largest absolute Gasteiger partial charge is 0.497 e. The van der Waals surface area contributed by atoms with Gasteiger partial charge in [-0.3, -0.25) is 10.1 Å². The molecule has 3 rings (SSSR count). The summed E-state index contributed by atoms with van der Waals surface area (Å²) in [7, 11) is 1.60. The van der Waals surface area contributed by atoms with Crippen LogP contribution >= 0.6 is 11.3 Å². The number of para-hydroxylation sites is 1. The Morgan fingerprint density at radius 3 is 2.62 bits per heavy atom. The fraction of sp³-hybridized carbons (Fsp3) is 0.125. The molecule has 0 spiro atoms. The van der Waals surface area contributed by atoms with Crippen LogP contribution in [0.3, 0.4) is 0 Å². The highest BCUT2D eigenvalue weighted by Gasteiger charge is 2.10. The predicted molar refractivity (Wildman–Crippen MR) is 85.3 cm³/mol. The minimum atomic E-state index is -0.172. The number of fused-ring (bicyclic) bond motifs is 1. The Morgan fingerprint density at radius 2 is 1.95 bits per heavy atom. The van der Waals surface area contributed by atoms with Gasteiger partial charge in [-0.2, -0.15) is 0 Å². The third-order valence-electron chi connectivity index (χ3n) is 3.19. The Kier molecular flexibility index (Phi) is 3.58. The van der Waals surface area contributed by atoms with Gasteiger partial charge in [-0.15, -0.1) is 0 Å². The highest BCUT2D eigenvalue weighted by atomic mass is 32.1. The first-order chi connectivity index (χ1) is 10.2. The van der Waals surface area contributed by atoms with Crippen LogP contribution in [0.4, 0.5) is 5.13 Å². The lowest BCUT2D eigenvalue weighted by Crippen LogP contribution is -2.11. The van der Waals surface area contributed by atoms with Gasteiger partial charge in [0.15, 0.2) is 5.13 Å². The number of thiazole rings is 1. The quantitative estimate of drug-likeness (QED) is 0.798. The van der Waals surface area contributed by atoms with E-state index in [-0.39, 0.29) is 5.91 Å². The second-order valence-corrected chi connectivity index (χ2v) is 5.65. The van der Waals surface area contributed by atoms with Crippen molar-refractivity contribution in [2.24, 2.45) is 0 Å². The molecule has 21 heavy (non-hydrogen) atoms. The van der Waals surface area contributed by atoms with Gasteiger partial charge in [-0.05, 0) is 42.8 Å². The normalized spacial score (nSPS) is 10.6. The molecule has 0 aliphatic heterocycles. The molecule has 0 atom stereocenters. The van der Waals surface area contributed by atoms with Gasteiger partial charge >= 0.3 is 0 Å². The van der Waals surface area contributed by atoms with Crippen molar-refractivity contribution in [1.29, 1.82) is 0 Å². The number of aryl methyl sites for hydroxylation is 1. The minimum Gasteiger partial charge on any atom is -0.497 e. The molecule has 0 fully saturated rings. The van der Waals surface area contributed by atoms with Gasteiger partial charge in [-0.25, -0.2) is 4.98 Å². The summed E-state index contributed by atoms with van der Waals surface area (Å²) < 4.78 is 6.15. The number of hydrogen-bond donors (Lipinski definition) is 1. The van der Waals surface area contributed by atoms with E-state index in [4.69, 9.17) is 4.74 Å². The maximum absolute atomic E-state index is 12.2. The molecule has 1 amide bonds. The van der Waals surface area contributed by atoms with Crippen LogP contribution in [-0.4, -0.2) is 18.0 Å². The maximum Gasteiger partial charge on any atom is 0.257 e. The second-order valence-electron chi connectivity index (χ2n) is 4.62. The van der Waals surface area contributed by atoms with Gasteiger partial charge in [0.25, 0.3) is 5.91 Å². The van der Waals surface area contributed by atoms with Crippen LogP contribution in [-0.2, 0) is 0 Å². The summed E-state index contributed by atoms with van der Waals surface area (Å²) in [6, 6.07) is 13.0. The summed E-state index contributed by atoms with van der Waals surface area (Å²) in [6.45, 7) is 2.01. The highest BCUT2D eigenvalue weighted by Crippen LogP contribution is 2.28. The molecule has 4 nitrogen and oxygen atoms in total. The Morgan fingerprint density at radius 1 is 1.19 bits per heavy atom. The number of nitrogens with zero attached hydrogens (tertiary/aromatic N) is 1. The summed E-state index contributed by atoms with van der Waals surface area (Å²) in [6.07, 6.45) is 0. The third-order valence-corrected chi connectivity index (χ3v) is 4.13. The van der Waals surface area contributed by atoms with E-state index in [1.54, 1.807) is 31.4 Å². The van der Waals surface area contributed by atoms with Crippen molar-refractivity contribution in [2.45, 2.75) is 6.92 Å². The molecule has 0 saturated heterocycles. The van der Waals surface area contributed by atoms with Crippen molar-refractivity contribution in [1.82, 2.24) is 4.98 Å². The SMILES string of the molecule is COc1ccc(C(=O)Nc2nc3c(C)cccc3s2)cc1. The van der Waals surface area contributed by atoms with E-state index in [1.807, 2.05) is 25.1 Å². The van der Waals surface area contributed by atoms with Crippen LogP contribution in [0.1, 0.15) is 15.9 Å². The molecule has 0 bridgehead atoms. The molecular formula is C16H14N2O2S. The Bertz CT molecular complexity index is 794. The number of carbonyl (C=O) groups excluding carboxylic acids is 1. The summed E-state index contributed by atoms with van der Waals surface area (Å²) in [5.41, 5.74) is 2.62. The number of anilines is 1. The summed E-state index contributed by atoms with van der Waals surface area (Å²) in [4.78, 5) is 16.7. The molecule has 1 heterocycles. The number of benzene rings is 2. The van der Waals surface area contributed by atoms with Gasteiger partial charge in [0.1, 0.15) is 5.75 Å². The van der Waals surface area contributed by atoms with Crippen molar-refractivity contribution >= 4 is 32.6 Å². The van der Waals surface area contributed by atoms with Crippen molar-refractivity contribution in [3.8, 4) is 5.75 Å². The van der Waals surface area contributed by atoms with Crippen LogP contribution in [0.25, 0.3) is 10.2 Å². The van der Waals surface area contributed by atoms with Gasteiger partial charge in [0.2, 0.25) is 0 Å². The number of carbonyl (C=O) groups is 1. The zero-order valence-electron chi connectivity index (χ0n) is 11.7. The molecular weight excluding hydrogens is 284 g/mol. The summed E-state index contributed by atoms with van der Waals surface area (Å²) in [5, 5.41) is 3.45. The number of amides is 1. The number of rotatable bonds is 3. The smallest absolute Gasteiger partial charge is 0.257 e. The van der Waals surface area contributed by atoms with Crippen LogP contribution < -0.4 is 10.1 Å². The molecule has 1 aromatic heterocycles. The average Bonchev–Trinajstić information content (AvgIpc) is 2.91. The van der Waals surface area contributed by atoms with E-state index >= 15 is 0 Å². The minimum absolute atomic E-state index is 0.172. The van der Waals surface area contributed by atoms with E-state index in [0.717, 1.165) is 21.5 Å². The van der Waals surface area contributed by atoms with Crippen LogP contribution in [0.2, 0.25) is 0 Å². The maximum atomic E-state index is 12.2. The van der Waals surface area contributed by atoms with E-state index in [0.29, 0.717) is 10.7 Å². The van der Waals surface area contributed by atoms with Crippen molar-refractivity contribution in [2.75, 3.05) is 12.4 Å². The zero-order chi connectivity index (χ0) is 14.8. The molecule has 2 aromatic carbocycles. The van der Waals surface area contributed by atoms with E-state index in [1.165, 1.54) is 11.3 Å². The first-order valence-electron chi connectivity index (χ1n) is 6.49.